The first-order valence-corrected chi connectivity index (χ1v) is 8.69. The van der Waals surface area contributed by atoms with Crippen LogP contribution in [0.1, 0.15) is 11.7 Å². The average Bonchev–Trinajstić information content (AvgIpc) is 2.65. The van der Waals surface area contributed by atoms with Crippen molar-refractivity contribution in [1.29, 1.82) is 0 Å². The Morgan fingerprint density at radius 2 is 1.45 bits per heavy atom. The fraction of sp³-hybridized carbons (Fsp3) is 0.316. The van der Waals surface area contributed by atoms with E-state index in [1.807, 2.05) is 0 Å². The second-order valence-electron chi connectivity index (χ2n) is 6.93. The van der Waals surface area contributed by atoms with E-state index < -0.39 is 48.3 Å². The minimum Gasteiger partial charge on any atom is -0.508 e. The summed E-state index contributed by atoms with van der Waals surface area (Å²) in [6.45, 7) is -0.671. The van der Waals surface area contributed by atoms with Crippen LogP contribution in [0.2, 0.25) is 0 Å². The van der Waals surface area contributed by atoms with Crippen molar-refractivity contribution in [3.8, 4) is 17.2 Å². The Kier molecular flexibility index (Phi) is 4.60. The molecule has 1 aromatic heterocycles. The number of phenolic OH excluding ortho intramolecular Hbond substituents is 3. The van der Waals surface area contributed by atoms with E-state index in [9.17, 15) is 40.5 Å². The van der Waals surface area contributed by atoms with Crippen LogP contribution in [0.3, 0.4) is 0 Å². The normalized spacial score (nSPS) is 27.5. The molecule has 10 heteroatoms. The number of benzene rings is 2. The number of aliphatic hydroxyl groups is 4. The minimum absolute atomic E-state index is 0.0694. The molecule has 29 heavy (non-hydrogen) atoms. The zero-order valence-electron chi connectivity index (χ0n) is 14.8. The Hall–Kier alpha value is -2.89. The van der Waals surface area contributed by atoms with Crippen LogP contribution in [0.25, 0.3) is 21.9 Å². The van der Waals surface area contributed by atoms with Crippen LogP contribution in [-0.4, -0.2) is 66.8 Å². The quantitative estimate of drug-likeness (QED) is 0.276. The molecule has 1 aliphatic heterocycles. The lowest BCUT2D eigenvalue weighted by molar-refractivity contribution is -0.231. The number of ether oxygens (including phenoxy) is 1. The van der Waals surface area contributed by atoms with Crippen LogP contribution in [-0.2, 0) is 4.74 Å². The summed E-state index contributed by atoms with van der Waals surface area (Å²) in [6.07, 6.45) is -7.62. The van der Waals surface area contributed by atoms with Gasteiger partial charge in [-0.1, -0.05) is 0 Å². The van der Waals surface area contributed by atoms with E-state index in [-0.39, 0.29) is 39.0 Å². The smallest absolute Gasteiger partial charge is 0.204 e. The maximum atomic E-state index is 13.1. The molecule has 0 aliphatic carbocycles. The highest BCUT2D eigenvalue weighted by molar-refractivity contribution is 5.95. The highest BCUT2D eigenvalue weighted by atomic mass is 16.5. The maximum Gasteiger partial charge on any atom is 0.204 e. The monoisotopic (exact) mass is 406 g/mol. The van der Waals surface area contributed by atoms with Crippen LogP contribution in [0, 0.1) is 0 Å². The van der Waals surface area contributed by atoms with Gasteiger partial charge in [0, 0.05) is 23.8 Å². The van der Waals surface area contributed by atoms with Gasteiger partial charge < -0.3 is 44.9 Å². The third-order valence-electron chi connectivity index (χ3n) is 5.06. The standard InChI is InChI=1S/C19H18O10/c20-5-12-15(24)17(26)18(27)19(29-12)8-1-6(21)3-10-13(8)16(25)14-9(23)2-7(22)4-11(14)28-10/h1-4,12,15,17-24,26-27H,5H2/t12-,15-,17+,18-,19?/m1/s1. The molecule has 1 unspecified atom stereocenters. The molecule has 2 heterocycles. The molecule has 0 amide bonds. The summed E-state index contributed by atoms with van der Waals surface area (Å²) >= 11 is 0. The molecule has 5 atom stereocenters. The summed E-state index contributed by atoms with van der Waals surface area (Å²) in [5.74, 6) is -1.23. The van der Waals surface area contributed by atoms with Gasteiger partial charge in [-0.3, -0.25) is 4.79 Å². The molecule has 0 saturated carbocycles. The van der Waals surface area contributed by atoms with Crippen LogP contribution in [0.5, 0.6) is 17.2 Å². The van der Waals surface area contributed by atoms with Gasteiger partial charge in [0.15, 0.2) is 0 Å². The minimum atomic E-state index is -1.69. The van der Waals surface area contributed by atoms with Crippen LogP contribution in [0.4, 0.5) is 0 Å². The molecule has 1 saturated heterocycles. The van der Waals surface area contributed by atoms with Crippen molar-refractivity contribution in [3.63, 3.8) is 0 Å². The fourth-order valence-corrected chi connectivity index (χ4v) is 3.67. The highest BCUT2D eigenvalue weighted by Crippen LogP contribution is 2.39. The summed E-state index contributed by atoms with van der Waals surface area (Å²) in [4.78, 5) is 13.1. The van der Waals surface area contributed by atoms with Gasteiger partial charge in [0.05, 0.1) is 12.0 Å². The number of aromatic hydroxyl groups is 3. The first-order valence-electron chi connectivity index (χ1n) is 8.69. The lowest BCUT2D eigenvalue weighted by Crippen LogP contribution is -2.55. The van der Waals surface area contributed by atoms with Gasteiger partial charge in [-0.2, -0.15) is 0 Å². The molecule has 7 N–H and O–H groups in total. The van der Waals surface area contributed by atoms with E-state index in [0.717, 1.165) is 24.3 Å². The molecule has 4 rings (SSSR count). The van der Waals surface area contributed by atoms with Gasteiger partial charge >= 0.3 is 0 Å². The fourth-order valence-electron chi connectivity index (χ4n) is 3.67. The summed E-state index contributed by atoms with van der Waals surface area (Å²) < 4.78 is 11.1. The predicted molar refractivity (Wildman–Crippen MR) is 97.7 cm³/mol. The molecule has 0 radical (unpaired) electrons. The van der Waals surface area contributed by atoms with Crippen LogP contribution < -0.4 is 5.43 Å². The van der Waals surface area contributed by atoms with Crippen molar-refractivity contribution in [2.45, 2.75) is 30.5 Å². The summed E-state index contributed by atoms with van der Waals surface area (Å²) in [5, 5.41) is 69.2. The SMILES string of the molecule is O=c1c2c(O)cc(O)cc2oc2cc(O)cc(C3O[C@H](CO)[C@@H](O)[C@H](O)[C@H]3O)c12. The van der Waals surface area contributed by atoms with Gasteiger partial charge in [-0.15, -0.1) is 0 Å². The molecule has 10 nitrogen and oxygen atoms in total. The van der Waals surface area contributed by atoms with Crippen molar-refractivity contribution in [1.82, 2.24) is 0 Å². The number of hydrogen-bond donors (Lipinski definition) is 7. The van der Waals surface area contributed by atoms with Gasteiger partial charge in [0.2, 0.25) is 5.43 Å². The Morgan fingerprint density at radius 3 is 2.10 bits per heavy atom. The van der Waals surface area contributed by atoms with Crippen molar-refractivity contribution in [2.24, 2.45) is 0 Å². The molecule has 154 valence electrons. The molecule has 1 fully saturated rings. The summed E-state index contributed by atoms with van der Waals surface area (Å²) in [5.41, 5.74) is -1.06. The van der Waals surface area contributed by atoms with E-state index in [4.69, 9.17) is 9.15 Å². The van der Waals surface area contributed by atoms with Crippen molar-refractivity contribution in [2.75, 3.05) is 6.61 Å². The number of aliphatic hydroxyl groups excluding tert-OH is 4. The average molecular weight is 406 g/mol. The van der Waals surface area contributed by atoms with E-state index in [0.29, 0.717) is 0 Å². The molecular formula is C19H18O10. The molecule has 1 aliphatic rings. The molecule has 0 bridgehead atoms. The van der Waals surface area contributed by atoms with Crippen molar-refractivity contribution >= 4 is 21.9 Å². The van der Waals surface area contributed by atoms with Crippen molar-refractivity contribution < 1.29 is 44.9 Å². The Morgan fingerprint density at radius 1 is 0.828 bits per heavy atom. The second kappa shape index (κ2) is 6.87. The molecular weight excluding hydrogens is 388 g/mol. The van der Waals surface area contributed by atoms with E-state index in [1.165, 1.54) is 0 Å². The lowest BCUT2D eigenvalue weighted by Gasteiger charge is -2.40. The number of hydrogen-bond acceptors (Lipinski definition) is 10. The van der Waals surface area contributed by atoms with Crippen LogP contribution >= 0.6 is 0 Å². The first-order chi connectivity index (χ1) is 13.7. The Bertz CT molecular complexity index is 1150. The largest absolute Gasteiger partial charge is 0.508 e. The number of rotatable bonds is 2. The van der Waals surface area contributed by atoms with Gasteiger partial charge in [-0.05, 0) is 6.07 Å². The maximum absolute atomic E-state index is 13.1. The van der Waals surface area contributed by atoms with Gasteiger partial charge in [-0.25, -0.2) is 0 Å². The van der Waals surface area contributed by atoms with E-state index in [2.05, 4.69) is 0 Å². The highest BCUT2D eigenvalue weighted by Gasteiger charge is 2.45. The summed E-state index contributed by atoms with van der Waals surface area (Å²) in [7, 11) is 0. The van der Waals surface area contributed by atoms with Crippen molar-refractivity contribution in [3.05, 3.63) is 40.1 Å². The Balaban J connectivity index is 2.02. The number of fused-ring (bicyclic) bond motifs is 2. The lowest BCUT2D eigenvalue weighted by atomic mass is 9.89. The molecule has 2 aromatic carbocycles. The van der Waals surface area contributed by atoms with Gasteiger partial charge in [0.25, 0.3) is 0 Å². The second-order valence-corrected chi connectivity index (χ2v) is 6.93. The van der Waals surface area contributed by atoms with E-state index in [1.54, 1.807) is 0 Å². The number of phenols is 3. The first kappa shape index (κ1) is 19.4. The predicted octanol–water partition coefficient (Wildman–Crippen LogP) is -0.422. The zero-order valence-corrected chi connectivity index (χ0v) is 14.8. The molecule has 3 aromatic rings. The zero-order chi connectivity index (χ0) is 21.0. The van der Waals surface area contributed by atoms with Crippen LogP contribution in [0.15, 0.2) is 33.5 Å². The Labute approximate surface area is 162 Å². The van der Waals surface area contributed by atoms with Gasteiger partial charge in [0.1, 0.15) is 64.3 Å². The third kappa shape index (κ3) is 2.98. The molecule has 0 spiro atoms. The third-order valence-corrected chi connectivity index (χ3v) is 5.06. The summed E-state index contributed by atoms with van der Waals surface area (Å²) in [6, 6.07) is 4.33. The van der Waals surface area contributed by atoms with E-state index >= 15 is 0 Å². The topological polar surface area (TPSA) is 181 Å².